The molecule has 0 saturated heterocycles. The molecule has 0 bridgehead atoms. The fourth-order valence-corrected chi connectivity index (χ4v) is 2.75. The molecular weight excluding hydrogens is 284 g/mol. The van der Waals surface area contributed by atoms with E-state index in [0.717, 1.165) is 4.31 Å². The highest BCUT2D eigenvalue weighted by molar-refractivity contribution is 7.89. The molecule has 8 heteroatoms. The molecule has 20 heavy (non-hydrogen) atoms. The molecule has 0 aliphatic heterocycles. The highest BCUT2D eigenvalue weighted by atomic mass is 32.2. The summed E-state index contributed by atoms with van der Waals surface area (Å²) in [7, 11) is -0.822. The van der Waals surface area contributed by atoms with Crippen LogP contribution in [0.15, 0.2) is 34.1 Å². The zero-order valence-corrected chi connectivity index (χ0v) is 11.6. The van der Waals surface area contributed by atoms with Crippen molar-refractivity contribution < 1.29 is 18.3 Å². The molecule has 2 rings (SSSR count). The summed E-state index contributed by atoms with van der Waals surface area (Å²) in [4.78, 5) is 24.9. The summed E-state index contributed by atoms with van der Waals surface area (Å²) in [6.07, 6.45) is 1.29. The maximum Gasteiger partial charge on any atom is 0.341 e. The lowest BCUT2D eigenvalue weighted by Crippen LogP contribution is -2.22. The number of carbonyl (C=O) groups is 1. The summed E-state index contributed by atoms with van der Waals surface area (Å²) in [6, 6.07) is 3.93. The van der Waals surface area contributed by atoms with Crippen LogP contribution in [-0.4, -0.2) is 42.9 Å². The van der Waals surface area contributed by atoms with Gasteiger partial charge in [0.05, 0.1) is 4.90 Å². The number of hydrogen-bond acceptors (Lipinski definition) is 4. The minimum absolute atomic E-state index is 0.0263. The van der Waals surface area contributed by atoms with E-state index in [1.54, 1.807) is 0 Å². The van der Waals surface area contributed by atoms with E-state index in [9.17, 15) is 18.0 Å². The predicted octanol–water partition coefficient (Wildman–Crippen LogP) is 0.477. The molecule has 2 aromatic rings. The molecule has 0 atom stereocenters. The van der Waals surface area contributed by atoms with E-state index in [1.807, 2.05) is 0 Å². The molecule has 0 unspecified atom stereocenters. The number of aromatic carboxylic acids is 1. The van der Waals surface area contributed by atoms with Crippen LogP contribution < -0.4 is 5.56 Å². The lowest BCUT2D eigenvalue weighted by molar-refractivity contribution is 0.0697. The Labute approximate surface area is 114 Å². The van der Waals surface area contributed by atoms with Crippen LogP contribution in [-0.2, 0) is 10.0 Å². The molecule has 0 amide bonds. The number of rotatable bonds is 3. The van der Waals surface area contributed by atoms with Gasteiger partial charge in [-0.25, -0.2) is 17.5 Å². The van der Waals surface area contributed by atoms with Crippen LogP contribution in [0, 0.1) is 0 Å². The van der Waals surface area contributed by atoms with E-state index in [4.69, 9.17) is 5.11 Å². The van der Waals surface area contributed by atoms with Gasteiger partial charge in [-0.2, -0.15) is 0 Å². The van der Waals surface area contributed by atoms with Crippen LogP contribution in [0.5, 0.6) is 0 Å². The van der Waals surface area contributed by atoms with Gasteiger partial charge in [0.2, 0.25) is 10.0 Å². The van der Waals surface area contributed by atoms with E-state index in [0.29, 0.717) is 5.39 Å². The zero-order chi connectivity index (χ0) is 15.1. The largest absolute Gasteiger partial charge is 0.477 e. The molecule has 2 N–H and O–H groups in total. The smallest absolute Gasteiger partial charge is 0.341 e. The van der Waals surface area contributed by atoms with Gasteiger partial charge >= 0.3 is 5.97 Å². The molecule has 0 radical (unpaired) electrons. The summed E-state index contributed by atoms with van der Waals surface area (Å²) in [5.74, 6) is -1.36. The number of pyridine rings is 1. The van der Waals surface area contributed by atoms with Crippen LogP contribution in [0.1, 0.15) is 10.4 Å². The van der Waals surface area contributed by atoms with E-state index >= 15 is 0 Å². The van der Waals surface area contributed by atoms with Crippen molar-refractivity contribution >= 4 is 26.8 Å². The summed E-state index contributed by atoms with van der Waals surface area (Å²) in [5.41, 5.74) is -1.13. The molecule has 0 saturated carbocycles. The van der Waals surface area contributed by atoms with Gasteiger partial charge in [-0.05, 0) is 12.1 Å². The van der Waals surface area contributed by atoms with Crippen molar-refractivity contribution in [2.45, 2.75) is 4.90 Å². The second-order valence-electron chi connectivity index (χ2n) is 4.33. The number of nitrogens with one attached hydrogen (secondary N) is 1. The molecule has 1 aromatic carbocycles. The normalized spacial score (nSPS) is 11.9. The summed E-state index contributed by atoms with van der Waals surface area (Å²) in [5, 5.41) is 9.57. The lowest BCUT2D eigenvalue weighted by Gasteiger charge is -2.12. The molecule has 1 heterocycles. The summed E-state index contributed by atoms with van der Waals surface area (Å²) < 4.78 is 25.1. The first-order chi connectivity index (χ1) is 9.25. The number of aromatic amines is 1. The number of carboxylic acids is 1. The second-order valence-corrected chi connectivity index (χ2v) is 6.49. The first-order valence-corrected chi connectivity index (χ1v) is 7.00. The Morgan fingerprint density at radius 2 is 1.95 bits per heavy atom. The molecule has 0 aliphatic carbocycles. The van der Waals surface area contributed by atoms with E-state index < -0.39 is 27.1 Å². The summed E-state index contributed by atoms with van der Waals surface area (Å²) >= 11 is 0. The van der Waals surface area contributed by atoms with Crippen molar-refractivity contribution in [2.24, 2.45) is 0 Å². The number of benzene rings is 1. The van der Waals surface area contributed by atoms with Gasteiger partial charge in [-0.3, -0.25) is 4.79 Å². The van der Waals surface area contributed by atoms with Gasteiger partial charge in [-0.15, -0.1) is 0 Å². The number of fused-ring (bicyclic) bond motifs is 1. The highest BCUT2D eigenvalue weighted by Crippen LogP contribution is 2.21. The molecule has 7 nitrogen and oxygen atoms in total. The van der Waals surface area contributed by atoms with E-state index in [2.05, 4.69) is 4.98 Å². The maximum atomic E-state index is 12.0. The topological polar surface area (TPSA) is 108 Å². The van der Waals surface area contributed by atoms with Crippen molar-refractivity contribution in [3.63, 3.8) is 0 Å². The van der Waals surface area contributed by atoms with Crippen LogP contribution in [0.3, 0.4) is 0 Å². The molecule has 0 spiro atoms. The number of aromatic nitrogens is 1. The third kappa shape index (κ3) is 2.19. The molecule has 0 fully saturated rings. The zero-order valence-electron chi connectivity index (χ0n) is 10.7. The lowest BCUT2D eigenvalue weighted by atomic mass is 10.1. The Kier molecular flexibility index (Phi) is 3.36. The first kappa shape index (κ1) is 14.2. The van der Waals surface area contributed by atoms with Gasteiger partial charge in [-0.1, -0.05) is 6.07 Å². The van der Waals surface area contributed by atoms with Crippen molar-refractivity contribution in [2.75, 3.05) is 14.1 Å². The Balaban J connectivity index is 2.79. The standard InChI is InChI=1S/C12H12N2O5S/c1-14(2)20(18,19)8-3-4-9-7(5-8)6-13-11(15)10(9)12(16)17/h3-6H,1-2H3,(H,13,15)(H,16,17). The average molecular weight is 296 g/mol. The van der Waals surface area contributed by atoms with E-state index in [1.165, 1.54) is 38.5 Å². The minimum Gasteiger partial charge on any atom is -0.477 e. The number of nitrogens with zero attached hydrogens (tertiary/aromatic N) is 1. The van der Waals surface area contributed by atoms with E-state index in [-0.39, 0.29) is 10.3 Å². The third-order valence-electron chi connectivity index (χ3n) is 2.87. The Bertz CT molecular complexity index is 852. The van der Waals surface area contributed by atoms with Gasteiger partial charge in [0.15, 0.2) is 0 Å². The van der Waals surface area contributed by atoms with Gasteiger partial charge in [0, 0.05) is 31.1 Å². The molecule has 0 aliphatic rings. The van der Waals surface area contributed by atoms with Crippen molar-refractivity contribution in [3.8, 4) is 0 Å². The second kappa shape index (κ2) is 4.73. The minimum atomic E-state index is -3.62. The summed E-state index contributed by atoms with van der Waals surface area (Å²) in [6.45, 7) is 0. The number of H-pyrrole nitrogens is 1. The van der Waals surface area contributed by atoms with Crippen LogP contribution >= 0.6 is 0 Å². The maximum absolute atomic E-state index is 12.0. The fraction of sp³-hybridized carbons (Fsp3) is 0.167. The predicted molar refractivity (Wildman–Crippen MR) is 72.4 cm³/mol. The third-order valence-corrected chi connectivity index (χ3v) is 4.68. The highest BCUT2D eigenvalue weighted by Gasteiger charge is 2.19. The van der Waals surface area contributed by atoms with Crippen LogP contribution in [0.4, 0.5) is 0 Å². The SMILES string of the molecule is CN(C)S(=O)(=O)c1ccc2c(C(=O)O)c(=O)[nH]cc2c1. The Morgan fingerprint density at radius 1 is 1.30 bits per heavy atom. The van der Waals surface area contributed by atoms with Crippen molar-refractivity contribution in [3.05, 3.63) is 40.3 Å². The average Bonchev–Trinajstić information content (AvgIpc) is 2.37. The quantitative estimate of drug-likeness (QED) is 0.856. The molecule has 1 aromatic heterocycles. The Morgan fingerprint density at radius 3 is 2.50 bits per heavy atom. The van der Waals surface area contributed by atoms with Gasteiger partial charge < -0.3 is 10.1 Å². The monoisotopic (exact) mass is 296 g/mol. The van der Waals surface area contributed by atoms with Crippen LogP contribution in [0.25, 0.3) is 10.8 Å². The van der Waals surface area contributed by atoms with Crippen molar-refractivity contribution in [1.29, 1.82) is 0 Å². The molecule has 106 valence electrons. The van der Waals surface area contributed by atoms with Crippen LogP contribution in [0.2, 0.25) is 0 Å². The number of hydrogen-bond donors (Lipinski definition) is 2. The van der Waals surface area contributed by atoms with Gasteiger partial charge in [0.25, 0.3) is 5.56 Å². The Hall–Kier alpha value is -2.19. The van der Waals surface area contributed by atoms with Gasteiger partial charge in [0.1, 0.15) is 5.56 Å². The number of carboxylic acid groups (broad SMARTS) is 1. The fourth-order valence-electron chi connectivity index (χ4n) is 1.81. The number of sulfonamides is 1. The first-order valence-electron chi connectivity index (χ1n) is 5.56. The van der Waals surface area contributed by atoms with Crippen molar-refractivity contribution in [1.82, 2.24) is 9.29 Å². The molecular formula is C12H12N2O5S.